The zero-order chi connectivity index (χ0) is 16.2. The van der Waals surface area contributed by atoms with E-state index in [4.69, 9.17) is 0 Å². The number of hydrogen-bond acceptors (Lipinski definition) is 4. The van der Waals surface area contributed by atoms with Crippen LogP contribution in [-0.2, 0) is 4.79 Å². The number of amides is 1. The van der Waals surface area contributed by atoms with Gasteiger partial charge in [0.25, 0.3) is 5.91 Å². The standard InChI is InChI=1S/C17H25N5O.ClH/c1-13-4-14(2)17(15(3)5-13)18-16(23)6-22-10-19-7-20(11-22)9-21(8-19)12-22;/h4-5H,6-12H2,1-3H3;1H. The Morgan fingerprint density at radius 2 is 1.46 bits per heavy atom. The molecule has 0 saturated carbocycles. The van der Waals surface area contributed by atoms with Crippen molar-refractivity contribution in [3.8, 4) is 0 Å². The summed E-state index contributed by atoms with van der Waals surface area (Å²) >= 11 is 0. The lowest BCUT2D eigenvalue weighted by Crippen LogP contribution is -3.00. The van der Waals surface area contributed by atoms with Gasteiger partial charge in [-0.3, -0.25) is 9.28 Å². The minimum Gasteiger partial charge on any atom is -1.00 e. The molecule has 4 aliphatic heterocycles. The van der Waals surface area contributed by atoms with Gasteiger partial charge in [0.2, 0.25) is 0 Å². The summed E-state index contributed by atoms with van der Waals surface area (Å²) in [7, 11) is 0. The molecule has 132 valence electrons. The Kier molecular flexibility index (Phi) is 4.61. The van der Waals surface area contributed by atoms with Gasteiger partial charge in [0.15, 0.2) is 6.54 Å². The van der Waals surface area contributed by atoms with Crippen LogP contribution in [0.2, 0.25) is 0 Å². The van der Waals surface area contributed by atoms with Crippen molar-refractivity contribution in [2.75, 3.05) is 51.9 Å². The number of aryl methyl sites for hydroxylation is 3. The molecule has 4 fully saturated rings. The first-order valence-electron chi connectivity index (χ1n) is 8.32. The molecular weight excluding hydrogens is 326 g/mol. The molecule has 0 radical (unpaired) electrons. The monoisotopic (exact) mass is 351 g/mol. The van der Waals surface area contributed by atoms with E-state index in [1.807, 2.05) is 0 Å². The third kappa shape index (κ3) is 3.17. The fourth-order valence-electron chi connectivity index (χ4n) is 4.67. The fraction of sp³-hybridized carbons (Fsp3) is 0.588. The lowest BCUT2D eigenvalue weighted by Gasteiger charge is -2.60. The molecule has 4 saturated heterocycles. The highest BCUT2D eigenvalue weighted by molar-refractivity contribution is 5.93. The van der Waals surface area contributed by atoms with E-state index in [9.17, 15) is 4.79 Å². The molecule has 1 aromatic rings. The van der Waals surface area contributed by atoms with Crippen LogP contribution in [0.3, 0.4) is 0 Å². The fourth-order valence-corrected chi connectivity index (χ4v) is 4.67. The summed E-state index contributed by atoms with van der Waals surface area (Å²) in [5, 5.41) is 3.17. The van der Waals surface area contributed by atoms with Crippen molar-refractivity contribution in [1.29, 1.82) is 0 Å². The van der Waals surface area contributed by atoms with Crippen LogP contribution in [0.5, 0.6) is 0 Å². The second-order valence-electron chi connectivity index (χ2n) is 7.68. The molecule has 0 atom stereocenters. The van der Waals surface area contributed by atoms with Crippen molar-refractivity contribution in [3.63, 3.8) is 0 Å². The Labute approximate surface area is 150 Å². The number of halogens is 1. The van der Waals surface area contributed by atoms with Gasteiger partial charge in [0.05, 0.1) is 20.0 Å². The summed E-state index contributed by atoms with van der Waals surface area (Å²) in [6.45, 7) is 12.9. The lowest BCUT2D eigenvalue weighted by atomic mass is 10.1. The van der Waals surface area contributed by atoms with Crippen molar-refractivity contribution in [3.05, 3.63) is 28.8 Å². The Bertz CT molecular complexity index is 604. The topological polar surface area (TPSA) is 38.8 Å². The summed E-state index contributed by atoms with van der Waals surface area (Å²) in [5.74, 6) is 0.130. The van der Waals surface area contributed by atoms with Crippen molar-refractivity contribution < 1.29 is 21.7 Å². The molecule has 0 aromatic heterocycles. The molecule has 7 heteroatoms. The normalized spacial score (nSPS) is 33.2. The van der Waals surface area contributed by atoms with E-state index in [0.717, 1.165) is 61.3 Å². The molecule has 1 aromatic carbocycles. The van der Waals surface area contributed by atoms with E-state index in [-0.39, 0.29) is 18.3 Å². The number of hydrogen-bond donors (Lipinski definition) is 1. The van der Waals surface area contributed by atoms with E-state index in [2.05, 4.69) is 52.9 Å². The smallest absolute Gasteiger partial charge is 0.279 e. The van der Waals surface area contributed by atoms with Crippen molar-refractivity contribution in [2.24, 2.45) is 0 Å². The molecule has 4 bridgehead atoms. The van der Waals surface area contributed by atoms with Crippen LogP contribution in [0, 0.1) is 20.8 Å². The van der Waals surface area contributed by atoms with Gasteiger partial charge in [-0.1, -0.05) is 17.7 Å². The average Bonchev–Trinajstić information content (AvgIpc) is 2.40. The Balaban J connectivity index is 0.00000169. The number of carbonyl (C=O) groups is 1. The van der Waals surface area contributed by atoms with E-state index < -0.39 is 0 Å². The number of carbonyl (C=O) groups excluding carboxylic acids is 1. The van der Waals surface area contributed by atoms with E-state index in [1.165, 1.54) is 5.56 Å². The number of benzene rings is 1. The van der Waals surface area contributed by atoms with Crippen molar-refractivity contribution >= 4 is 11.6 Å². The van der Waals surface area contributed by atoms with Crippen LogP contribution in [-0.4, -0.2) is 71.6 Å². The number of nitrogens with zero attached hydrogens (tertiary/aromatic N) is 4. The van der Waals surface area contributed by atoms with Crippen LogP contribution < -0.4 is 17.7 Å². The largest absolute Gasteiger partial charge is 1.00 e. The van der Waals surface area contributed by atoms with E-state index in [1.54, 1.807) is 0 Å². The van der Waals surface area contributed by atoms with Gasteiger partial charge in [-0.25, -0.2) is 14.7 Å². The molecule has 4 aliphatic rings. The maximum Gasteiger partial charge on any atom is 0.279 e. The van der Waals surface area contributed by atoms with Crippen molar-refractivity contribution in [1.82, 2.24) is 14.7 Å². The summed E-state index contributed by atoms with van der Waals surface area (Å²) in [6.07, 6.45) is 0. The van der Waals surface area contributed by atoms with Crippen LogP contribution in [0.4, 0.5) is 5.69 Å². The number of quaternary nitrogens is 1. The van der Waals surface area contributed by atoms with Gasteiger partial charge in [0.1, 0.15) is 20.0 Å². The molecule has 1 N–H and O–H groups in total. The zero-order valence-corrected chi connectivity index (χ0v) is 15.4. The number of nitrogens with one attached hydrogen (secondary N) is 1. The van der Waals surface area contributed by atoms with Gasteiger partial charge in [0, 0.05) is 5.69 Å². The predicted octanol–water partition coefficient (Wildman–Crippen LogP) is -1.94. The summed E-state index contributed by atoms with van der Waals surface area (Å²) < 4.78 is 0.843. The molecule has 6 nitrogen and oxygen atoms in total. The zero-order valence-electron chi connectivity index (χ0n) is 14.7. The van der Waals surface area contributed by atoms with Gasteiger partial charge >= 0.3 is 0 Å². The highest BCUT2D eigenvalue weighted by atomic mass is 35.5. The lowest BCUT2D eigenvalue weighted by molar-refractivity contribution is -0.973. The minimum atomic E-state index is 0. The SMILES string of the molecule is Cc1cc(C)c(NC(=O)C[N+]23CN4CN(CN(C4)C2)C3)c(C)c1.[Cl-]. The summed E-state index contributed by atoms with van der Waals surface area (Å²) in [4.78, 5) is 20.0. The Morgan fingerprint density at radius 3 is 1.92 bits per heavy atom. The molecule has 0 unspecified atom stereocenters. The summed E-state index contributed by atoms with van der Waals surface area (Å²) in [5.41, 5.74) is 4.51. The van der Waals surface area contributed by atoms with Gasteiger partial charge < -0.3 is 17.7 Å². The summed E-state index contributed by atoms with van der Waals surface area (Å²) in [6, 6.07) is 4.26. The van der Waals surface area contributed by atoms with Gasteiger partial charge in [-0.15, -0.1) is 0 Å². The first-order valence-corrected chi connectivity index (χ1v) is 8.32. The molecule has 0 spiro atoms. The van der Waals surface area contributed by atoms with Crippen LogP contribution in [0.25, 0.3) is 0 Å². The second-order valence-corrected chi connectivity index (χ2v) is 7.68. The highest BCUT2D eigenvalue weighted by Gasteiger charge is 2.49. The maximum absolute atomic E-state index is 12.7. The maximum atomic E-state index is 12.7. The molecule has 5 rings (SSSR count). The first kappa shape index (κ1) is 17.6. The minimum absolute atomic E-state index is 0. The average molecular weight is 352 g/mol. The van der Waals surface area contributed by atoms with Gasteiger partial charge in [-0.05, 0) is 31.9 Å². The number of rotatable bonds is 3. The van der Waals surface area contributed by atoms with E-state index in [0.29, 0.717) is 6.54 Å². The Morgan fingerprint density at radius 1 is 1.00 bits per heavy atom. The van der Waals surface area contributed by atoms with Crippen LogP contribution >= 0.6 is 0 Å². The quantitative estimate of drug-likeness (QED) is 0.643. The number of anilines is 1. The third-order valence-electron chi connectivity index (χ3n) is 5.12. The third-order valence-corrected chi connectivity index (χ3v) is 5.12. The molecular formula is C17H26ClN5O. The Hall–Kier alpha value is -1.18. The van der Waals surface area contributed by atoms with Crippen LogP contribution in [0.15, 0.2) is 12.1 Å². The first-order chi connectivity index (χ1) is 10.9. The molecule has 0 aliphatic carbocycles. The van der Waals surface area contributed by atoms with Crippen molar-refractivity contribution in [2.45, 2.75) is 20.8 Å². The molecule has 1 amide bonds. The molecule has 4 heterocycles. The highest BCUT2D eigenvalue weighted by Crippen LogP contribution is 2.29. The second kappa shape index (κ2) is 6.28. The predicted molar refractivity (Wildman–Crippen MR) is 89.1 cm³/mol. The van der Waals surface area contributed by atoms with Gasteiger partial charge in [-0.2, -0.15) is 0 Å². The molecule has 24 heavy (non-hydrogen) atoms. The van der Waals surface area contributed by atoms with Crippen LogP contribution in [0.1, 0.15) is 16.7 Å². The van der Waals surface area contributed by atoms with E-state index >= 15 is 0 Å².